The van der Waals surface area contributed by atoms with Crippen molar-refractivity contribution in [2.45, 2.75) is 116 Å². The van der Waals surface area contributed by atoms with Crippen LogP contribution in [0.5, 0.6) is 0 Å². The Morgan fingerprint density at radius 2 is 1.19 bits per heavy atom. The molecule has 5 rings (SSSR count). The van der Waals surface area contributed by atoms with Gasteiger partial charge in [-0.1, -0.05) is 198 Å². The van der Waals surface area contributed by atoms with Gasteiger partial charge in [-0.05, 0) is 67.5 Å². The van der Waals surface area contributed by atoms with Crippen molar-refractivity contribution in [1.82, 2.24) is 0 Å². The van der Waals surface area contributed by atoms with E-state index in [2.05, 4.69) is 174 Å². The number of carbonyl (C=O) groups is 1. The Hall–Kier alpha value is -2.72. The zero-order chi connectivity index (χ0) is 45.0. The van der Waals surface area contributed by atoms with Crippen molar-refractivity contribution < 1.29 is 36.7 Å². The highest BCUT2D eigenvalue weighted by Crippen LogP contribution is 2.48. The third-order valence-electron chi connectivity index (χ3n) is 11.9. The van der Waals surface area contributed by atoms with Crippen LogP contribution in [0.15, 0.2) is 131 Å². The van der Waals surface area contributed by atoms with Crippen molar-refractivity contribution in [1.29, 1.82) is 0 Å². The first-order valence-corrected chi connectivity index (χ1v) is 28.8. The fraction of sp³-hybridized carbons (Fsp3) is 0.460. The number of hydrogen-bond acceptors (Lipinski definition) is 8. The molecule has 0 radical (unpaired) electrons. The number of rotatable bonds is 21. The summed E-state index contributed by atoms with van der Waals surface area (Å²) in [6.07, 6.45) is 1.79. The van der Waals surface area contributed by atoms with Crippen LogP contribution in [0, 0.1) is 5.92 Å². The predicted octanol–water partition coefficient (Wildman–Crippen LogP) is 10.2. The molecule has 4 aromatic rings. The molecule has 0 unspecified atom stereocenters. The quantitative estimate of drug-likeness (QED) is 0.0353. The molecule has 1 heterocycles. The largest absolute Gasteiger partial charge is 0.459 e. The normalized spacial score (nSPS) is 18.8. The predicted molar refractivity (Wildman–Crippen MR) is 267 cm³/mol. The molecule has 0 N–H and O–H groups in total. The average Bonchev–Trinajstić information content (AvgIpc) is 3.61. The Bertz CT molecular complexity index is 1950. The van der Waals surface area contributed by atoms with Crippen molar-refractivity contribution >= 4 is 73.5 Å². The third kappa shape index (κ3) is 11.9. The molecular weight excluding hydrogens is 943 g/mol. The molecule has 1 fully saturated rings. The molecule has 0 bridgehead atoms. The van der Waals surface area contributed by atoms with Crippen molar-refractivity contribution in [2.75, 3.05) is 26.0 Å². The summed E-state index contributed by atoms with van der Waals surface area (Å²) in [7, 11) is -10.1. The summed E-state index contributed by atoms with van der Waals surface area (Å²) >= 11 is 2.26. The van der Waals surface area contributed by atoms with Gasteiger partial charge < -0.3 is 27.4 Å². The van der Waals surface area contributed by atoms with E-state index in [4.69, 9.17) is 27.4 Å². The molecule has 1 saturated heterocycles. The van der Waals surface area contributed by atoms with E-state index in [1.54, 1.807) is 13.8 Å². The first kappa shape index (κ1) is 50.3. The molecule has 0 saturated carbocycles. The van der Waals surface area contributed by atoms with Gasteiger partial charge >= 0.3 is 13.6 Å². The lowest BCUT2D eigenvalue weighted by atomic mass is 9.96. The van der Waals surface area contributed by atoms with E-state index in [0.717, 1.165) is 33.6 Å². The van der Waals surface area contributed by atoms with Crippen molar-refractivity contribution in [3.63, 3.8) is 0 Å². The van der Waals surface area contributed by atoms with Crippen LogP contribution in [0.1, 0.15) is 81.6 Å². The summed E-state index contributed by atoms with van der Waals surface area (Å²) in [4.78, 5) is 14.2. The minimum Gasteiger partial charge on any atom is -0.459 e. The molecule has 4 aromatic carbocycles. The first-order valence-electron chi connectivity index (χ1n) is 22.1. The standard InChI is InChI=1S/C50H68IO8PSi2/c1-10-54-60(53,55-11-2)38-48(52)57-40(37-56-61(49(4,5)6,41-25-16-12-17-26-41)42-27-18-13-19-28-42)36-47(46-35-39(3)45(58-46)33-24-34-51)59-62(50(7,8)9,43-29-20-14-21-30-43)44-31-22-15-23-32-44/h12-32,34,39-40,45-47H,10-11,33,35-38H2,1-9H3/b34-24-/t39-,40-,45-,46-,47-/m0/s1. The lowest BCUT2D eigenvalue weighted by Crippen LogP contribution is -2.69. The maximum atomic E-state index is 14.2. The fourth-order valence-corrected chi connectivity index (χ4v) is 20.2. The highest BCUT2D eigenvalue weighted by atomic mass is 127. The fourth-order valence-electron chi connectivity index (χ4n) is 9.13. The van der Waals surface area contributed by atoms with E-state index >= 15 is 0 Å². The number of carbonyl (C=O) groups excluding carboxylic acids is 1. The number of esters is 1. The maximum Gasteiger partial charge on any atom is 0.341 e. The van der Waals surface area contributed by atoms with Gasteiger partial charge in [0, 0.05) is 6.42 Å². The molecule has 1 aliphatic heterocycles. The molecule has 336 valence electrons. The molecule has 8 nitrogen and oxygen atoms in total. The van der Waals surface area contributed by atoms with Crippen LogP contribution in [0.25, 0.3) is 0 Å². The molecular formula is C50H68IO8PSi2. The van der Waals surface area contributed by atoms with Gasteiger partial charge in [-0.15, -0.1) is 0 Å². The second-order valence-electron chi connectivity index (χ2n) is 18.3. The van der Waals surface area contributed by atoms with E-state index in [1.807, 2.05) is 28.3 Å². The van der Waals surface area contributed by atoms with Crippen LogP contribution in [-0.2, 0) is 36.7 Å². The van der Waals surface area contributed by atoms with Crippen molar-refractivity contribution in [3.05, 3.63) is 131 Å². The summed E-state index contributed by atoms with van der Waals surface area (Å²) in [6.45, 7) is 19.5. The smallest absolute Gasteiger partial charge is 0.341 e. The molecule has 1 aliphatic rings. The molecule has 0 spiro atoms. The zero-order valence-corrected chi connectivity index (χ0v) is 43.2. The summed E-state index contributed by atoms with van der Waals surface area (Å²) in [6, 6.07) is 42.1. The summed E-state index contributed by atoms with van der Waals surface area (Å²) in [5.41, 5.74) is 0. The van der Waals surface area contributed by atoms with Crippen LogP contribution in [0.4, 0.5) is 0 Å². The minimum atomic E-state index is -3.79. The topological polar surface area (TPSA) is 89.5 Å². The summed E-state index contributed by atoms with van der Waals surface area (Å²) in [5.74, 6) is -0.420. The van der Waals surface area contributed by atoms with Crippen LogP contribution >= 0.6 is 30.2 Å². The van der Waals surface area contributed by atoms with Crippen LogP contribution < -0.4 is 20.7 Å². The first-order chi connectivity index (χ1) is 29.5. The van der Waals surface area contributed by atoms with E-state index in [9.17, 15) is 9.36 Å². The molecule has 0 amide bonds. The lowest BCUT2D eigenvalue weighted by Gasteiger charge is -2.47. The van der Waals surface area contributed by atoms with Crippen LogP contribution in [0.3, 0.4) is 0 Å². The van der Waals surface area contributed by atoms with E-state index in [0.29, 0.717) is 0 Å². The van der Waals surface area contributed by atoms with Gasteiger partial charge in [0.25, 0.3) is 16.6 Å². The lowest BCUT2D eigenvalue weighted by molar-refractivity contribution is -0.150. The monoisotopic (exact) mass is 1010 g/mol. The minimum absolute atomic E-state index is 0.00565. The summed E-state index contributed by atoms with van der Waals surface area (Å²) in [5, 5.41) is 3.84. The molecule has 0 aromatic heterocycles. The molecule has 5 atom stereocenters. The molecule has 62 heavy (non-hydrogen) atoms. The van der Waals surface area contributed by atoms with Gasteiger partial charge in [-0.3, -0.25) is 9.36 Å². The third-order valence-corrected chi connectivity index (χ3v) is 24.4. The second-order valence-corrected chi connectivity index (χ2v) is 29.6. The summed E-state index contributed by atoms with van der Waals surface area (Å²) < 4.78 is 56.1. The van der Waals surface area contributed by atoms with Gasteiger partial charge in [0.1, 0.15) is 12.3 Å². The van der Waals surface area contributed by atoms with Gasteiger partial charge in [0.05, 0.1) is 38.1 Å². The Morgan fingerprint density at radius 1 is 0.758 bits per heavy atom. The van der Waals surface area contributed by atoms with Crippen LogP contribution in [-0.4, -0.2) is 73.0 Å². The average molecular weight is 1010 g/mol. The van der Waals surface area contributed by atoms with Gasteiger partial charge in [0.15, 0.2) is 0 Å². The van der Waals surface area contributed by atoms with Crippen molar-refractivity contribution in [3.8, 4) is 0 Å². The van der Waals surface area contributed by atoms with E-state index < -0.39 is 48.6 Å². The van der Waals surface area contributed by atoms with Gasteiger partial charge in [0.2, 0.25) is 0 Å². The maximum absolute atomic E-state index is 14.2. The molecule has 12 heteroatoms. The zero-order valence-electron chi connectivity index (χ0n) is 38.1. The second kappa shape index (κ2) is 22.5. The Kier molecular flexibility index (Phi) is 18.2. The van der Waals surface area contributed by atoms with Gasteiger partial charge in [-0.25, -0.2) is 0 Å². The Balaban J connectivity index is 1.68. The van der Waals surface area contributed by atoms with Gasteiger partial charge in [-0.2, -0.15) is 0 Å². The molecule has 0 aliphatic carbocycles. The number of halogens is 1. The Morgan fingerprint density at radius 3 is 1.60 bits per heavy atom. The van der Waals surface area contributed by atoms with E-state index in [1.165, 1.54) is 0 Å². The van der Waals surface area contributed by atoms with Crippen molar-refractivity contribution in [2.24, 2.45) is 5.92 Å². The SMILES string of the molecule is CCOP(=O)(CC(=O)O[C@H](CO[Si](c1ccccc1)(c1ccccc1)C(C)(C)C)C[C@H](O[Si](c1ccccc1)(c1ccccc1)C(C)(C)C)[C@@H]1C[C@H](C)[C@H](C/C=C\I)O1)OCC. The number of ether oxygens (including phenoxy) is 2. The highest BCUT2D eigenvalue weighted by molar-refractivity contribution is 14.1. The number of hydrogen-bond donors (Lipinski definition) is 0. The van der Waals surface area contributed by atoms with E-state index in [-0.39, 0.29) is 54.4 Å². The Labute approximate surface area is 387 Å². The highest BCUT2D eigenvalue weighted by Gasteiger charge is 2.54. The van der Waals surface area contributed by atoms with Crippen LogP contribution in [0.2, 0.25) is 10.1 Å². The number of benzene rings is 4.